The third-order valence-corrected chi connectivity index (χ3v) is 3.30. The molecule has 0 unspecified atom stereocenters. The largest absolute Gasteiger partial charge is 0.488 e. The molecule has 0 fully saturated rings. The molecule has 5 heteroatoms. The zero-order chi connectivity index (χ0) is 15.8. The van der Waals surface area contributed by atoms with Crippen LogP contribution in [-0.4, -0.2) is 17.2 Å². The van der Waals surface area contributed by atoms with Crippen molar-refractivity contribution in [1.82, 2.24) is 5.32 Å². The Kier molecular flexibility index (Phi) is 5.95. The van der Waals surface area contributed by atoms with Crippen LogP contribution in [0.5, 0.6) is 0 Å². The van der Waals surface area contributed by atoms with Crippen LogP contribution in [0.4, 0.5) is 0 Å². The van der Waals surface area contributed by atoms with E-state index < -0.39 is 7.12 Å². The fourth-order valence-corrected chi connectivity index (χ4v) is 2.14. The molecule has 0 spiro atoms. The van der Waals surface area contributed by atoms with E-state index in [1.54, 1.807) is 24.7 Å². The normalized spacial score (nSPS) is 11.7. The van der Waals surface area contributed by atoms with Gasteiger partial charge in [0.1, 0.15) is 0 Å². The third kappa shape index (κ3) is 4.31. The van der Waals surface area contributed by atoms with E-state index in [0.717, 1.165) is 16.7 Å². The quantitative estimate of drug-likeness (QED) is 0.433. The molecular weight excluding hydrogens is 277 g/mol. The minimum Gasteiger partial charge on any atom is -0.423 e. The van der Waals surface area contributed by atoms with Crippen molar-refractivity contribution in [2.45, 2.75) is 13.5 Å². The molecule has 2 aromatic rings. The first-order chi connectivity index (χ1) is 10.7. The highest BCUT2D eigenvalue weighted by Gasteiger charge is 2.14. The third-order valence-electron chi connectivity index (χ3n) is 3.30. The number of nitrogens with one attached hydrogen (secondary N) is 1. The molecule has 1 heterocycles. The van der Waals surface area contributed by atoms with Crippen molar-refractivity contribution in [3.63, 3.8) is 0 Å². The molecule has 0 aliphatic carbocycles. The molecule has 3 N–H and O–H groups in total. The molecule has 0 saturated carbocycles. The molecule has 0 amide bonds. The summed E-state index contributed by atoms with van der Waals surface area (Å²) in [5.41, 5.74) is 3.50. The Morgan fingerprint density at radius 2 is 1.91 bits per heavy atom. The average Bonchev–Trinajstić information content (AvgIpc) is 2.56. The molecule has 1 aromatic heterocycles. The van der Waals surface area contributed by atoms with Gasteiger partial charge in [-0.1, -0.05) is 30.3 Å². The van der Waals surface area contributed by atoms with Crippen molar-refractivity contribution in [2.24, 2.45) is 0 Å². The van der Waals surface area contributed by atoms with Gasteiger partial charge in [-0.25, -0.2) is 4.42 Å². The molecule has 1 aromatic carbocycles. The Morgan fingerprint density at radius 3 is 2.59 bits per heavy atom. The highest BCUT2D eigenvalue weighted by atomic mass is 16.4. The highest BCUT2D eigenvalue weighted by molar-refractivity contribution is 6.59. The molecule has 22 heavy (non-hydrogen) atoms. The zero-order valence-corrected chi connectivity index (χ0v) is 12.4. The molecular formula is C17H19BNO3+. The van der Waals surface area contributed by atoms with Gasteiger partial charge in [0.2, 0.25) is 0 Å². The summed E-state index contributed by atoms with van der Waals surface area (Å²) < 4.78 is 5.02. The van der Waals surface area contributed by atoms with Crippen molar-refractivity contribution in [3.05, 3.63) is 78.4 Å². The molecule has 0 bridgehead atoms. The monoisotopic (exact) mass is 296 g/mol. The second kappa shape index (κ2) is 8.17. The van der Waals surface area contributed by atoms with Gasteiger partial charge < -0.3 is 15.4 Å². The Bertz CT molecular complexity index is 654. The van der Waals surface area contributed by atoms with E-state index >= 15 is 0 Å². The summed E-state index contributed by atoms with van der Waals surface area (Å²) in [7, 11) is -1.46. The standard InChI is InChI=1S/C17H19BNO3/c1-2-14(15-8-11-22-12-9-15)7-10-19-13-16-5-3-4-6-17(16)18(20)21/h2-12,19-21H,13H2,1H3/q+1/b10-7-,14-2+. The van der Waals surface area contributed by atoms with Crippen LogP contribution < -0.4 is 10.8 Å². The van der Waals surface area contributed by atoms with Crippen LogP contribution in [0.1, 0.15) is 18.1 Å². The highest BCUT2D eigenvalue weighted by Crippen LogP contribution is 2.14. The topological polar surface area (TPSA) is 63.8 Å². The second-order valence-corrected chi connectivity index (χ2v) is 4.73. The Morgan fingerprint density at radius 1 is 1.18 bits per heavy atom. The Balaban J connectivity index is 1.99. The van der Waals surface area contributed by atoms with Gasteiger partial charge in [-0.15, -0.1) is 0 Å². The SMILES string of the molecule is C/C=C(\C=C/NCc1ccccc1B(O)O)c1cc[o+]cc1. The molecule has 4 nitrogen and oxygen atoms in total. The molecule has 0 saturated heterocycles. The zero-order valence-electron chi connectivity index (χ0n) is 12.4. The summed E-state index contributed by atoms with van der Waals surface area (Å²) >= 11 is 0. The molecule has 0 atom stereocenters. The molecule has 112 valence electrons. The van der Waals surface area contributed by atoms with Crippen LogP contribution >= 0.6 is 0 Å². The van der Waals surface area contributed by atoms with Crippen LogP contribution in [-0.2, 0) is 6.54 Å². The lowest BCUT2D eigenvalue weighted by atomic mass is 9.77. The van der Waals surface area contributed by atoms with Gasteiger partial charge in [-0.05, 0) is 41.4 Å². The van der Waals surface area contributed by atoms with Crippen LogP contribution in [0.3, 0.4) is 0 Å². The summed E-state index contributed by atoms with van der Waals surface area (Å²) in [4.78, 5) is 0. The second-order valence-electron chi connectivity index (χ2n) is 4.73. The lowest BCUT2D eigenvalue weighted by molar-refractivity contribution is 0.425. The summed E-state index contributed by atoms with van der Waals surface area (Å²) in [5, 5.41) is 21.8. The molecule has 0 aliphatic heterocycles. The lowest BCUT2D eigenvalue weighted by Crippen LogP contribution is -2.34. The first kappa shape index (κ1) is 16.0. The van der Waals surface area contributed by atoms with Gasteiger partial charge in [0.15, 0.2) is 0 Å². The van der Waals surface area contributed by atoms with Gasteiger partial charge >= 0.3 is 19.6 Å². The van der Waals surface area contributed by atoms with Gasteiger partial charge in [0.05, 0.1) is 0 Å². The summed E-state index contributed by atoms with van der Waals surface area (Å²) in [6.45, 7) is 2.49. The smallest absolute Gasteiger partial charge is 0.423 e. The van der Waals surface area contributed by atoms with Gasteiger partial charge in [-0.2, -0.15) is 0 Å². The van der Waals surface area contributed by atoms with Gasteiger partial charge in [0, 0.05) is 18.7 Å². The van der Waals surface area contributed by atoms with Gasteiger partial charge in [0.25, 0.3) is 0 Å². The summed E-state index contributed by atoms with van der Waals surface area (Å²) in [6, 6.07) is 11.0. The van der Waals surface area contributed by atoms with Crippen LogP contribution in [0.25, 0.3) is 5.57 Å². The van der Waals surface area contributed by atoms with Crippen molar-refractivity contribution in [2.75, 3.05) is 0 Å². The molecule has 0 aliphatic rings. The molecule has 2 rings (SSSR count). The number of hydrogen-bond donors (Lipinski definition) is 3. The minimum atomic E-state index is -1.46. The number of benzene rings is 1. The Hall–Kier alpha value is -2.37. The van der Waals surface area contributed by atoms with Crippen LogP contribution in [0.15, 0.2) is 71.7 Å². The van der Waals surface area contributed by atoms with Crippen molar-refractivity contribution in [1.29, 1.82) is 0 Å². The van der Waals surface area contributed by atoms with E-state index in [0.29, 0.717) is 12.0 Å². The number of hydrogen-bond acceptors (Lipinski definition) is 3. The minimum absolute atomic E-state index is 0.513. The predicted octanol–water partition coefficient (Wildman–Crippen LogP) is 1.95. The number of rotatable bonds is 6. The summed E-state index contributed by atoms with van der Waals surface area (Å²) in [6.07, 6.45) is 9.10. The maximum Gasteiger partial charge on any atom is 0.488 e. The average molecular weight is 296 g/mol. The number of allylic oxidation sites excluding steroid dienone is 3. The van der Waals surface area contributed by atoms with Crippen molar-refractivity contribution in [3.8, 4) is 0 Å². The fraction of sp³-hybridized carbons (Fsp3) is 0.118. The van der Waals surface area contributed by atoms with Crippen molar-refractivity contribution < 1.29 is 14.5 Å². The Labute approximate surface area is 130 Å². The van der Waals surface area contributed by atoms with Crippen molar-refractivity contribution >= 4 is 18.2 Å². The van der Waals surface area contributed by atoms with Gasteiger partial charge in [-0.3, -0.25) is 0 Å². The first-order valence-electron chi connectivity index (χ1n) is 7.08. The van der Waals surface area contributed by atoms with Crippen LogP contribution in [0, 0.1) is 0 Å². The lowest BCUT2D eigenvalue weighted by Gasteiger charge is -2.08. The van der Waals surface area contributed by atoms with E-state index in [-0.39, 0.29) is 0 Å². The van der Waals surface area contributed by atoms with E-state index in [2.05, 4.69) is 5.32 Å². The molecule has 0 radical (unpaired) electrons. The van der Waals surface area contributed by atoms with E-state index in [1.165, 1.54) is 0 Å². The van der Waals surface area contributed by atoms with E-state index in [4.69, 9.17) is 4.42 Å². The fourth-order valence-electron chi connectivity index (χ4n) is 2.14. The maximum absolute atomic E-state index is 9.33. The van der Waals surface area contributed by atoms with E-state index in [9.17, 15) is 10.0 Å². The predicted molar refractivity (Wildman–Crippen MR) is 89.0 cm³/mol. The van der Waals surface area contributed by atoms with Crippen LogP contribution in [0.2, 0.25) is 0 Å². The first-order valence-corrected chi connectivity index (χ1v) is 7.08. The maximum atomic E-state index is 9.33. The summed E-state index contributed by atoms with van der Waals surface area (Å²) in [5.74, 6) is 0. The van der Waals surface area contributed by atoms with E-state index in [1.807, 2.05) is 49.5 Å².